The smallest absolute Gasteiger partial charge is 0.268 e. The predicted molar refractivity (Wildman–Crippen MR) is 93.1 cm³/mol. The third-order valence-electron chi connectivity index (χ3n) is 4.61. The number of aromatic amines is 1. The van der Waals surface area contributed by atoms with E-state index in [1.807, 2.05) is 13.0 Å². The van der Waals surface area contributed by atoms with E-state index >= 15 is 0 Å². The molecular formula is C18H18N6O2. The SMILES string of the molecule is Cc1c(C(=O)NCc2cccnc2-n2cncn2)[nH]c2c1C(=O)CCC2. The highest BCUT2D eigenvalue weighted by molar-refractivity contribution is 6.04. The van der Waals surface area contributed by atoms with E-state index in [-0.39, 0.29) is 11.7 Å². The lowest BCUT2D eigenvalue weighted by Gasteiger charge is -2.10. The predicted octanol–water partition coefficient (Wildman–Crippen LogP) is 1.75. The number of nitrogens with zero attached hydrogens (tertiary/aromatic N) is 4. The van der Waals surface area contributed by atoms with Crippen molar-refractivity contribution in [1.82, 2.24) is 30.0 Å². The van der Waals surface area contributed by atoms with Gasteiger partial charge in [-0.1, -0.05) is 6.07 Å². The lowest BCUT2D eigenvalue weighted by Crippen LogP contribution is -2.25. The van der Waals surface area contributed by atoms with E-state index in [1.54, 1.807) is 23.3 Å². The summed E-state index contributed by atoms with van der Waals surface area (Å²) >= 11 is 0. The van der Waals surface area contributed by atoms with Crippen molar-refractivity contribution in [3.05, 3.63) is 59.1 Å². The quantitative estimate of drug-likeness (QED) is 0.746. The highest BCUT2D eigenvalue weighted by Crippen LogP contribution is 2.26. The first kappa shape index (κ1) is 16.2. The van der Waals surface area contributed by atoms with Crippen LogP contribution in [0, 0.1) is 6.92 Å². The third-order valence-corrected chi connectivity index (χ3v) is 4.61. The van der Waals surface area contributed by atoms with Crippen molar-refractivity contribution in [3.63, 3.8) is 0 Å². The number of carbonyl (C=O) groups excluding carboxylic acids is 2. The number of fused-ring (bicyclic) bond motifs is 1. The van der Waals surface area contributed by atoms with Gasteiger partial charge in [-0.05, 0) is 31.4 Å². The average molecular weight is 350 g/mol. The van der Waals surface area contributed by atoms with Gasteiger partial charge in [-0.3, -0.25) is 9.59 Å². The molecule has 0 bridgehead atoms. The van der Waals surface area contributed by atoms with Gasteiger partial charge in [0.05, 0.1) is 0 Å². The monoisotopic (exact) mass is 350 g/mol. The molecule has 0 fully saturated rings. The first-order valence-corrected chi connectivity index (χ1v) is 8.47. The molecule has 1 aliphatic rings. The van der Waals surface area contributed by atoms with Crippen LogP contribution >= 0.6 is 0 Å². The van der Waals surface area contributed by atoms with Gasteiger partial charge in [0.25, 0.3) is 5.91 Å². The van der Waals surface area contributed by atoms with Gasteiger partial charge in [-0.2, -0.15) is 5.10 Å². The number of nitrogens with one attached hydrogen (secondary N) is 2. The van der Waals surface area contributed by atoms with Crippen LogP contribution in [0.3, 0.4) is 0 Å². The van der Waals surface area contributed by atoms with Gasteiger partial charge in [0, 0.05) is 36.0 Å². The summed E-state index contributed by atoms with van der Waals surface area (Å²) in [6, 6.07) is 3.68. The fourth-order valence-corrected chi connectivity index (χ4v) is 3.36. The molecule has 0 aliphatic heterocycles. The zero-order valence-electron chi connectivity index (χ0n) is 14.3. The molecule has 1 aliphatic carbocycles. The molecule has 1 amide bonds. The van der Waals surface area contributed by atoms with Gasteiger partial charge in [0.15, 0.2) is 11.6 Å². The van der Waals surface area contributed by atoms with Crippen molar-refractivity contribution in [1.29, 1.82) is 0 Å². The van der Waals surface area contributed by atoms with Gasteiger partial charge in [-0.15, -0.1) is 0 Å². The molecule has 3 aromatic rings. The van der Waals surface area contributed by atoms with Crippen LogP contribution in [0.5, 0.6) is 0 Å². The van der Waals surface area contributed by atoms with Crippen molar-refractivity contribution in [2.45, 2.75) is 32.7 Å². The molecule has 132 valence electrons. The van der Waals surface area contributed by atoms with Crippen LogP contribution in [0.15, 0.2) is 31.0 Å². The number of hydrogen-bond acceptors (Lipinski definition) is 5. The number of H-pyrrole nitrogens is 1. The van der Waals surface area contributed by atoms with Gasteiger partial charge in [0.1, 0.15) is 18.3 Å². The molecule has 26 heavy (non-hydrogen) atoms. The number of aryl methyl sites for hydroxylation is 1. The number of Topliss-reactive ketones (excluding diaryl/α,β-unsaturated/α-hetero) is 1. The second-order valence-corrected chi connectivity index (χ2v) is 6.26. The van der Waals surface area contributed by atoms with Crippen LogP contribution in [0.25, 0.3) is 5.82 Å². The molecule has 0 saturated heterocycles. The summed E-state index contributed by atoms with van der Waals surface area (Å²) in [6.45, 7) is 2.11. The van der Waals surface area contributed by atoms with Gasteiger partial charge in [-0.25, -0.2) is 14.6 Å². The summed E-state index contributed by atoms with van der Waals surface area (Å²) in [5.41, 5.74) is 3.55. The lowest BCUT2D eigenvalue weighted by atomic mass is 9.94. The van der Waals surface area contributed by atoms with E-state index in [0.717, 1.165) is 29.7 Å². The van der Waals surface area contributed by atoms with Crippen LogP contribution in [-0.2, 0) is 13.0 Å². The molecule has 2 N–H and O–H groups in total. The number of hydrogen-bond donors (Lipinski definition) is 2. The van der Waals surface area contributed by atoms with Crippen LogP contribution in [0.4, 0.5) is 0 Å². The maximum Gasteiger partial charge on any atom is 0.268 e. The average Bonchev–Trinajstić information content (AvgIpc) is 3.29. The number of amides is 1. The fourth-order valence-electron chi connectivity index (χ4n) is 3.36. The molecular weight excluding hydrogens is 332 g/mol. The van der Waals surface area contributed by atoms with E-state index < -0.39 is 0 Å². The van der Waals surface area contributed by atoms with E-state index in [9.17, 15) is 9.59 Å². The van der Waals surface area contributed by atoms with Crippen molar-refractivity contribution in [2.24, 2.45) is 0 Å². The molecule has 4 rings (SSSR count). The second kappa shape index (κ2) is 6.55. The van der Waals surface area contributed by atoms with Crippen molar-refractivity contribution in [2.75, 3.05) is 0 Å². The summed E-state index contributed by atoms with van der Waals surface area (Å²) in [5.74, 6) is 0.487. The highest BCUT2D eigenvalue weighted by atomic mass is 16.2. The summed E-state index contributed by atoms with van der Waals surface area (Å²) in [4.78, 5) is 36.1. The number of aromatic nitrogens is 5. The molecule has 0 spiro atoms. The number of rotatable bonds is 4. The van der Waals surface area contributed by atoms with Gasteiger partial charge in [0.2, 0.25) is 0 Å². The standard InChI is InChI=1S/C18H18N6O2/c1-11-15-13(5-2-6-14(15)25)23-16(11)18(26)21-8-12-4-3-7-20-17(12)24-10-19-9-22-24/h3-4,7,9-10,23H,2,5-6,8H2,1H3,(H,21,26). The van der Waals surface area contributed by atoms with Gasteiger partial charge >= 0.3 is 0 Å². The summed E-state index contributed by atoms with van der Waals surface area (Å²) in [6.07, 6.45) is 6.82. The van der Waals surface area contributed by atoms with Crippen molar-refractivity contribution in [3.8, 4) is 5.82 Å². The Hall–Kier alpha value is -3.29. The molecule has 3 aromatic heterocycles. The first-order chi connectivity index (χ1) is 12.6. The largest absolute Gasteiger partial charge is 0.354 e. The molecule has 0 radical (unpaired) electrons. The Morgan fingerprint density at radius 1 is 1.38 bits per heavy atom. The molecule has 0 atom stereocenters. The van der Waals surface area contributed by atoms with Crippen LogP contribution < -0.4 is 5.32 Å². The Bertz CT molecular complexity index is 974. The van der Waals surface area contributed by atoms with E-state index in [1.165, 1.54) is 6.33 Å². The van der Waals surface area contributed by atoms with Crippen molar-refractivity contribution < 1.29 is 9.59 Å². The molecule has 8 heteroatoms. The lowest BCUT2D eigenvalue weighted by molar-refractivity contribution is 0.0945. The molecule has 0 saturated carbocycles. The van der Waals surface area contributed by atoms with E-state index in [0.29, 0.717) is 30.0 Å². The second-order valence-electron chi connectivity index (χ2n) is 6.26. The van der Waals surface area contributed by atoms with Crippen LogP contribution in [0.1, 0.15) is 50.5 Å². The molecule has 0 aromatic carbocycles. The zero-order valence-corrected chi connectivity index (χ0v) is 14.3. The maximum atomic E-state index is 12.7. The zero-order chi connectivity index (χ0) is 18.1. The molecule has 8 nitrogen and oxygen atoms in total. The minimum absolute atomic E-state index is 0.111. The van der Waals surface area contributed by atoms with Crippen molar-refractivity contribution >= 4 is 11.7 Å². The Morgan fingerprint density at radius 3 is 3.04 bits per heavy atom. The Morgan fingerprint density at radius 2 is 2.27 bits per heavy atom. The van der Waals surface area contributed by atoms with Gasteiger partial charge < -0.3 is 10.3 Å². The fraction of sp³-hybridized carbons (Fsp3) is 0.278. The molecule has 3 heterocycles. The van der Waals surface area contributed by atoms with E-state index in [4.69, 9.17) is 0 Å². The number of pyridine rings is 1. The Labute approximate surface area is 149 Å². The Balaban J connectivity index is 1.55. The summed E-state index contributed by atoms with van der Waals surface area (Å²) < 4.78 is 1.55. The van der Waals surface area contributed by atoms with Crippen LogP contribution in [0.2, 0.25) is 0 Å². The van der Waals surface area contributed by atoms with E-state index in [2.05, 4.69) is 25.4 Å². The molecule has 0 unspecified atom stereocenters. The Kier molecular flexibility index (Phi) is 4.08. The number of ketones is 1. The third kappa shape index (κ3) is 2.79. The normalized spacial score (nSPS) is 13.5. The minimum Gasteiger partial charge on any atom is -0.354 e. The first-order valence-electron chi connectivity index (χ1n) is 8.47. The summed E-state index contributed by atoms with van der Waals surface area (Å²) in [5, 5.41) is 6.98. The summed E-state index contributed by atoms with van der Waals surface area (Å²) in [7, 11) is 0. The van der Waals surface area contributed by atoms with Crippen LogP contribution in [-0.4, -0.2) is 36.4 Å². The highest BCUT2D eigenvalue weighted by Gasteiger charge is 2.26. The number of carbonyl (C=O) groups is 2. The topological polar surface area (TPSA) is 106 Å². The minimum atomic E-state index is -0.238. The maximum absolute atomic E-state index is 12.7.